The molecule has 4 N–H and O–H groups in total. The third-order valence-corrected chi connectivity index (χ3v) is 10.8. The van der Waals surface area contributed by atoms with Crippen molar-refractivity contribution < 1.29 is 34.8 Å². The van der Waals surface area contributed by atoms with Crippen molar-refractivity contribution in [1.29, 1.82) is 0 Å². The van der Waals surface area contributed by atoms with Gasteiger partial charge in [0.15, 0.2) is 0 Å². The summed E-state index contributed by atoms with van der Waals surface area (Å²) in [4.78, 5) is 24.8. The smallest absolute Gasteiger partial charge is 0.306 e. The molecule has 3 aliphatic carbocycles. The summed E-state index contributed by atoms with van der Waals surface area (Å²) < 4.78 is 4.95. The summed E-state index contributed by atoms with van der Waals surface area (Å²) in [5.74, 6) is -2.41. The number of aliphatic carboxylic acids is 1. The third-order valence-electron chi connectivity index (χ3n) is 10.8. The van der Waals surface area contributed by atoms with Gasteiger partial charge in [-0.2, -0.15) is 0 Å². The van der Waals surface area contributed by atoms with Gasteiger partial charge in [-0.05, 0) is 85.8 Å². The minimum atomic E-state index is -1.49. The predicted octanol–water partition coefficient (Wildman–Crippen LogP) is 4.97. The average Bonchev–Trinajstić information content (AvgIpc) is 3.07. The molecule has 0 saturated heterocycles. The van der Waals surface area contributed by atoms with Gasteiger partial charge in [0.2, 0.25) is 0 Å². The molecule has 39 heavy (non-hydrogen) atoms. The number of carboxylic acids is 1. The Bertz CT molecular complexity index is 1080. The van der Waals surface area contributed by atoms with Crippen LogP contribution in [0.2, 0.25) is 0 Å². The van der Waals surface area contributed by atoms with Crippen LogP contribution in [0.25, 0.3) is 0 Å². The standard InChI is InChI=1S/C32H48O7/c1-19(2)22-11-12-24-23(29(22,4)15-14-26(35)39-8)13-16-30(5)27(25(34)17-31(24,30)6)21(28(36)37)10-9-20(3)32(7,38)18-33/h12-13,21-22,25,27,33-34,38H,1,3,9-11,14-18H2,2,4-8H3,(H,36,37)/t21-,22+,25-,27+,29+,30-,31+,32+/m1/s1. The molecule has 0 bridgehead atoms. The molecule has 0 amide bonds. The maximum atomic E-state index is 12.6. The van der Waals surface area contributed by atoms with Crippen LogP contribution in [-0.4, -0.2) is 57.8 Å². The summed E-state index contributed by atoms with van der Waals surface area (Å²) in [6, 6.07) is 0. The number of hydrogen-bond acceptors (Lipinski definition) is 6. The van der Waals surface area contributed by atoms with Gasteiger partial charge >= 0.3 is 11.9 Å². The van der Waals surface area contributed by atoms with E-state index in [0.29, 0.717) is 31.3 Å². The van der Waals surface area contributed by atoms with E-state index in [-0.39, 0.29) is 30.1 Å². The molecule has 0 aliphatic heterocycles. The van der Waals surface area contributed by atoms with E-state index in [0.717, 1.165) is 17.6 Å². The Morgan fingerprint density at radius 3 is 2.36 bits per heavy atom. The number of rotatable bonds is 11. The predicted molar refractivity (Wildman–Crippen MR) is 151 cm³/mol. The summed E-state index contributed by atoms with van der Waals surface area (Å²) in [7, 11) is 1.40. The molecule has 7 heteroatoms. The topological polar surface area (TPSA) is 124 Å². The largest absolute Gasteiger partial charge is 0.481 e. The molecular weight excluding hydrogens is 496 g/mol. The molecule has 3 rings (SSSR count). The highest BCUT2D eigenvalue weighted by atomic mass is 16.5. The maximum absolute atomic E-state index is 12.6. The van der Waals surface area contributed by atoms with E-state index in [2.05, 4.69) is 46.1 Å². The van der Waals surface area contributed by atoms with E-state index in [1.54, 1.807) is 0 Å². The minimum absolute atomic E-state index is 0.157. The van der Waals surface area contributed by atoms with Crippen molar-refractivity contribution in [3.63, 3.8) is 0 Å². The van der Waals surface area contributed by atoms with Crippen molar-refractivity contribution in [2.75, 3.05) is 13.7 Å². The second-order valence-corrected chi connectivity index (χ2v) is 13.1. The number of carboxylic acid groups (broad SMARTS) is 1. The quantitative estimate of drug-likeness (QED) is 0.214. The second kappa shape index (κ2) is 11.0. The molecule has 218 valence electrons. The van der Waals surface area contributed by atoms with Crippen molar-refractivity contribution in [2.24, 2.45) is 34.0 Å². The summed E-state index contributed by atoms with van der Waals surface area (Å²) >= 11 is 0. The van der Waals surface area contributed by atoms with Crippen molar-refractivity contribution in [3.8, 4) is 0 Å². The fourth-order valence-electron chi connectivity index (χ4n) is 8.03. The van der Waals surface area contributed by atoms with Crippen molar-refractivity contribution in [2.45, 2.75) is 91.3 Å². The maximum Gasteiger partial charge on any atom is 0.306 e. The number of methoxy groups -OCH3 is 1. The van der Waals surface area contributed by atoms with Crippen LogP contribution in [0.1, 0.15) is 79.6 Å². The summed E-state index contributed by atoms with van der Waals surface area (Å²) in [5, 5.41) is 41.7. The fourth-order valence-corrected chi connectivity index (χ4v) is 8.03. The van der Waals surface area contributed by atoms with E-state index < -0.39 is 46.9 Å². The Balaban J connectivity index is 2.02. The molecule has 1 fully saturated rings. The van der Waals surface area contributed by atoms with Crippen LogP contribution >= 0.6 is 0 Å². The van der Waals surface area contributed by atoms with Crippen molar-refractivity contribution in [1.82, 2.24) is 0 Å². The normalized spacial score (nSPS) is 36.0. The van der Waals surface area contributed by atoms with Crippen LogP contribution in [0.4, 0.5) is 0 Å². The summed E-state index contributed by atoms with van der Waals surface area (Å²) in [6.45, 7) is 17.6. The molecule has 0 spiro atoms. The van der Waals surface area contributed by atoms with Crippen LogP contribution < -0.4 is 0 Å². The van der Waals surface area contributed by atoms with Gasteiger partial charge in [-0.3, -0.25) is 9.59 Å². The first-order chi connectivity index (χ1) is 18.0. The molecule has 8 atom stereocenters. The van der Waals surface area contributed by atoms with Gasteiger partial charge in [0.1, 0.15) is 5.60 Å². The summed E-state index contributed by atoms with van der Waals surface area (Å²) in [6.07, 6.45) is 6.83. The number of ether oxygens (including phenoxy) is 1. The third kappa shape index (κ3) is 5.18. The highest BCUT2D eigenvalue weighted by molar-refractivity contribution is 5.71. The molecule has 0 unspecified atom stereocenters. The fraction of sp³-hybridized carbons (Fsp3) is 0.688. The van der Waals surface area contributed by atoms with E-state index in [4.69, 9.17) is 4.74 Å². The molecule has 0 aromatic carbocycles. The molecule has 0 heterocycles. The van der Waals surface area contributed by atoms with Gasteiger partial charge in [0, 0.05) is 17.8 Å². The molecule has 0 aromatic heterocycles. The Morgan fingerprint density at radius 2 is 1.82 bits per heavy atom. The lowest BCUT2D eigenvalue weighted by atomic mass is 9.48. The molecule has 7 nitrogen and oxygen atoms in total. The van der Waals surface area contributed by atoms with E-state index in [9.17, 15) is 30.0 Å². The zero-order chi connectivity index (χ0) is 29.6. The lowest BCUT2D eigenvalue weighted by Gasteiger charge is -2.56. The number of aliphatic hydroxyl groups is 3. The van der Waals surface area contributed by atoms with Gasteiger partial charge in [-0.15, -0.1) is 0 Å². The number of aliphatic hydroxyl groups excluding tert-OH is 2. The zero-order valence-electron chi connectivity index (χ0n) is 24.5. The zero-order valence-corrected chi connectivity index (χ0v) is 24.5. The van der Waals surface area contributed by atoms with Crippen molar-refractivity contribution in [3.05, 3.63) is 47.6 Å². The van der Waals surface area contributed by atoms with Crippen molar-refractivity contribution >= 4 is 11.9 Å². The Kier molecular flexibility index (Phi) is 8.82. The van der Waals surface area contributed by atoms with Crippen LogP contribution in [0.15, 0.2) is 47.6 Å². The molecule has 0 aromatic rings. The molecular formula is C32H48O7. The van der Waals surface area contributed by atoms with Crippen LogP contribution in [-0.2, 0) is 14.3 Å². The number of hydrogen-bond donors (Lipinski definition) is 4. The second-order valence-electron chi connectivity index (χ2n) is 13.1. The lowest BCUT2D eigenvalue weighted by Crippen LogP contribution is -2.48. The van der Waals surface area contributed by atoms with Gasteiger partial charge in [0.25, 0.3) is 0 Å². The lowest BCUT2D eigenvalue weighted by molar-refractivity contribution is -0.148. The van der Waals surface area contributed by atoms with Crippen LogP contribution in [0.3, 0.4) is 0 Å². The molecule has 0 radical (unpaired) electrons. The first kappa shape index (κ1) is 31.3. The molecule has 3 aliphatic rings. The Labute approximate surface area is 233 Å². The van der Waals surface area contributed by atoms with Gasteiger partial charge in [0.05, 0.1) is 25.7 Å². The number of esters is 1. The highest BCUT2D eigenvalue weighted by Crippen LogP contribution is 2.70. The SMILES string of the molecule is C=C(C)[C@@H]1CC=C2C(=CC[C@]3(C)[C@@H]([C@@H](CCC(=C)[C@@](C)(O)CO)C(=O)O)[C@H](O)C[C@@]23C)[C@@]1(C)CCC(=O)OC. The van der Waals surface area contributed by atoms with E-state index >= 15 is 0 Å². The number of carbonyl (C=O) groups is 2. The van der Waals surface area contributed by atoms with Gasteiger partial charge in [-0.25, -0.2) is 0 Å². The van der Waals surface area contributed by atoms with Crippen LogP contribution in [0, 0.1) is 34.0 Å². The molecule has 1 saturated carbocycles. The number of fused-ring (bicyclic) bond motifs is 3. The number of allylic oxidation sites excluding steroid dienone is 5. The van der Waals surface area contributed by atoms with E-state index in [1.165, 1.54) is 19.6 Å². The highest BCUT2D eigenvalue weighted by Gasteiger charge is 2.65. The van der Waals surface area contributed by atoms with Gasteiger partial charge < -0.3 is 25.2 Å². The summed E-state index contributed by atoms with van der Waals surface area (Å²) in [5.41, 5.74) is 0.963. The van der Waals surface area contributed by atoms with Gasteiger partial charge in [-0.1, -0.05) is 51.7 Å². The first-order valence-corrected chi connectivity index (χ1v) is 14.1. The number of carbonyl (C=O) groups excluding carboxylic acids is 1. The Morgan fingerprint density at radius 1 is 1.18 bits per heavy atom. The van der Waals surface area contributed by atoms with Crippen LogP contribution in [0.5, 0.6) is 0 Å². The van der Waals surface area contributed by atoms with E-state index in [1.807, 2.05) is 6.92 Å². The monoisotopic (exact) mass is 544 g/mol. The minimum Gasteiger partial charge on any atom is -0.481 e. The first-order valence-electron chi connectivity index (χ1n) is 14.1. The Hall–Kier alpha value is -2.22. The average molecular weight is 545 g/mol.